The average molecular weight is 315 g/mol. The lowest BCUT2D eigenvalue weighted by atomic mass is 10.2. The first kappa shape index (κ1) is 15.2. The molecular weight excluding hydrogens is 298 g/mol. The summed E-state index contributed by atoms with van der Waals surface area (Å²) in [6.45, 7) is 4.16. The molecule has 1 fully saturated rings. The molecule has 8 heteroatoms. The van der Waals surface area contributed by atoms with E-state index in [1.54, 1.807) is 27.9 Å². The summed E-state index contributed by atoms with van der Waals surface area (Å²) in [4.78, 5) is 24.5. The number of piperazine rings is 1. The number of hydrogen-bond donors (Lipinski definition) is 1. The van der Waals surface area contributed by atoms with Gasteiger partial charge >= 0.3 is 0 Å². The summed E-state index contributed by atoms with van der Waals surface area (Å²) in [6.07, 6.45) is 3.17. The third-order valence-corrected chi connectivity index (χ3v) is 3.81. The second-order valence-corrected chi connectivity index (χ2v) is 5.55. The Kier molecular flexibility index (Phi) is 4.07. The number of carbonyl (C=O) groups excluding carboxylic acids is 1. The van der Waals surface area contributed by atoms with E-state index in [0.29, 0.717) is 24.3 Å². The Bertz CT molecular complexity index is 725. The summed E-state index contributed by atoms with van der Waals surface area (Å²) in [6, 6.07) is 6.31. The Morgan fingerprint density at radius 1 is 1.39 bits per heavy atom. The fraction of sp³-hybridized carbons (Fsp3) is 0.333. The highest BCUT2D eigenvalue weighted by Crippen LogP contribution is 2.16. The van der Waals surface area contributed by atoms with Crippen LogP contribution in [-0.4, -0.2) is 51.2 Å². The zero-order valence-corrected chi connectivity index (χ0v) is 12.7. The zero-order valence-electron chi connectivity index (χ0n) is 12.7. The van der Waals surface area contributed by atoms with Crippen molar-refractivity contribution in [3.8, 4) is 5.69 Å². The Hall–Kier alpha value is -2.74. The second-order valence-electron chi connectivity index (χ2n) is 5.55. The summed E-state index contributed by atoms with van der Waals surface area (Å²) in [5.74, 6) is -0.0495. The van der Waals surface area contributed by atoms with E-state index in [1.807, 2.05) is 6.92 Å². The molecule has 1 aromatic heterocycles. The average Bonchev–Trinajstić information content (AvgIpc) is 3.04. The number of nitrogens with one attached hydrogen (secondary N) is 1. The smallest absolute Gasteiger partial charge is 0.269 e. The van der Waals surface area contributed by atoms with Crippen LogP contribution in [-0.2, 0) is 0 Å². The van der Waals surface area contributed by atoms with Crippen LogP contribution in [0.1, 0.15) is 17.3 Å². The number of nitrogens with zero attached hydrogens (tertiary/aromatic N) is 4. The van der Waals surface area contributed by atoms with Gasteiger partial charge < -0.3 is 10.2 Å². The molecule has 0 radical (unpaired) electrons. The van der Waals surface area contributed by atoms with E-state index in [4.69, 9.17) is 0 Å². The molecule has 120 valence electrons. The minimum atomic E-state index is -0.451. The molecule has 1 aromatic carbocycles. The van der Waals surface area contributed by atoms with E-state index in [9.17, 15) is 14.9 Å². The molecule has 0 bridgehead atoms. The number of benzene rings is 1. The van der Waals surface area contributed by atoms with E-state index in [2.05, 4.69) is 10.4 Å². The minimum absolute atomic E-state index is 0.0204. The molecule has 3 rings (SSSR count). The molecule has 0 spiro atoms. The fourth-order valence-corrected chi connectivity index (χ4v) is 2.60. The Labute approximate surface area is 132 Å². The van der Waals surface area contributed by atoms with Gasteiger partial charge in [0.05, 0.1) is 22.4 Å². The van der Waals surface area contributed by atoms with Crippen molar-refractivity contribution in [2.45, 2.75) is 13.0 Å². The van der Waals surface area contributed by atoms with Gasteiger partial charge in [0.1, 0.15) is 0 Å². The Morgan fingerprint density at radius 3 is 2.78 bits per heavy atom. The van der Waals surface area contributed by atoms with Crippen molar-refractivity contribution in [1.29, 1.82) is 0 Å². The lowest BCUT2D eigenvalue weighted by Gasteiger charge is -2.31. The van der Waals surface area contributed by atoms with E-state index in [-0.39, 0.29) is 17.6 Å². The quantitative estimate of drug-likeness (QED) is 0.679. The van der Waals surface area contributed by atoms with Gasteiger partial charge in [-0.25, -0.2) is 4.68 Å². The maximum atomic E-state index is 12.5. The third-order valence-electron chi connectivity index (χ3n) is 3.81. The maximum Gasteiger partial charge on any atom is 0.269 e. The van der Waals surface area contributed by atoms with Gasteiger partial charge in [0, 0.05) is 44.0 Å². The van der Waals surface area contributed by atoms with Crippen LogP contribution >= 0.6 is 0 Å². The van der Waals surface area contributed by atoms with Crippen LogP contribution in [0.5, 0.6) is 0 Å². The van der Waals surface area contributed by atoms with Crippen LogP contribution < -0.4 is 5.32 Å². The normalized spacial score (nSPS) is 18.0. The predicted octanol–water partition coefficient (Wildman–Crippen LogP) is 1.21. The molecule has 1 aliphatic heterocycles. The lowest BCUT2D eigenvalue weighted by molar-refractivity contribution is -0.384. The van der Waals surface area contributed by atoms with E-state index in [1.165, 1.54) is 18.3 Å². The highest BCUT2D eigenvalue weighted by atomic mass is 16.6. The highest BCUT2D eigenvalue weighted by Gasteiger charge is 2.22. The van der Waals surface area contributed by atoms with Crippen LogP contribution in [0.25, 0.3) is 5.69 Å². The van der Waals surface area contributed by atoms with Gasteiger partial charge in [-0.2, -0.15) is 5.10 Å². The van der Waals surface area contributed by atoms with Crippen molar-refractivity contribution in [1.82, 2.24) is 20.0 Å². The van der Waals surface area contributed by atoms with Gasteiger partial charge in [0.15, 0.2) is 0 Å². The van der Waals surface area contributed by atoms with Crippen LogP contribution in [0.2, 0.25) is 0 Å². The van der Waals surface area contributed by atoms with Crippen molar-refractivity contribution in [2.75, 3.05) is 19.6 Å². The van der Waals surface area contributed by atoms with Crippen LogP contribution in [0.15, 0.2) is 36.7 Å². The number of carbonyl (C=O) groups is 1. The molecule has 1 N–H and O–H groups in total. The molecule has 23 heavy (non-hydrogen) atoms. The molecule has 1 saturated heterocycles. The molecule has 2 aromatic rings. The number of amides is 1. The maximum absolute atomic E-state index is 12.5. The van der Waals surface area contributed by atoms with Crippen molar-refractivity contribution >= 4 is 11.6 Å². The summed E-state index contributed by atoms with van der Waals surface area (Å²) in [5, 5.41) is 18.1. The number of non-ortho nitro benzene ring substituents is 1. The largest absolute Gasteiger partial charge is 0.336 e. The first-order chi connectivity index (χ1) is 11.0. The monoisotopic (exact) mass is 315 g/mol. The van der Waals surface area contributed by atoms with E-state index < -0.39 is 4.92 Å². The zero-order chi connectivity index (χ0) is 16.4. The molecule has 8 nitrogen and oxygen atoms in total. The molecule has 0 aliphatic carbocycles. The van der Waals surface area contributed by atoms with Gasteiger partial charge in [-0.05, 0) is 19.1 Å². The fourth-order valence-electron chi connectivity index (χ4n) is 2.60. The number of aromatic nitrogens is 2. The third kappa shape index (κ3) is 3.21. The molecule has 1 unspecified atom stereocenters. The van der Waals surface area contributed by atoms with Gasteiger partial charge in [-0.3, -0.25) is 14.9 Å². The highest BCUT2D eigenvalue weighted by molar-refractivity contribution is 5.94. The Balaban J connectivity index is 1.77. The summed E-state index contributed by atoms with van der Waals surface area (Å²) < 4.78 is 1.54. The van der Waals surface area contributed by atoms with E-state index >= 15 is 0 Å². The molecule has 2 heterocycles. The first-order valence-corrected chi connectivity index (χ1v) is 7.37. The van der Waals surface area contributed by atoms with Crippen LogP contribution in [0, 0.1) is 10.1 Å². The van der Waals surface area contributed by atoms with Gasteiger partial charge in [0.2, 0.25) is 0 Å². The predicted molar refractivity (Wildman–Crippen MR) is 83.6 cm³/mol. The van der Waals surface area contributed by atoms with Crippen molar-refractivity contribution in [2.24, 2.45) is 0 Å². The van der Waals surface area contributed by atoms with Gasteiger partial charge in [-0.15, -0.1) is 0 Å². The molecule has 1 atom stereocenters. The summed E-state index contributed by atoms with van der Waals surface area (Å²) in [7, 11) is 0. The van der Waals surface area contributed by atoms with Crippen molar-refractivity contribution in [3.05, 3.63) is 52.3 Å². The lowest BCUT2D eigenvalue weighted by Crippen LogP contribution is -2.51. The minimum Gasteiger partial charge on any atom is -0.336 e. The van der Waals surface area contributed by atoms with Crippen molar-refractivity contribution in [3.63, 3.8) is 0 Å². The van der Waals surface area contributed by atoms with Gasteiger partial charge in [0.25, 0.3) is 11.6 Å². The first-order valence-electron chi connectivity index (χ1n) is 7.37. The van der Waals surface area contributed by atoms with Gasteiger partial charge in [-0.1, -0.05) is 0 Å². The summed E-state index contributed by atoms with van der Waals surface area (Å²) >= 11 is 0. The number of rotatable bonds is 3. The summed E-state index contributed by atoms with van der Waals surface area (Å²) in [5.41, 5.74) is 1.20. The molecule has 1 aliphatic rings. The van der Waals surface area contributed by atoms with Crippen LogP contribution in [0.3, 0.4) is 0 Å². The Morgan fingerprint density at radius 2 is 2.13 bits per heavy atom. The van der Waals surface area contributed by atoms with Crippen LogP contribution in [0.4, 0.5) is 5.69 Å². The number of nitro benzene ring substituents is 1. The standard InChI is InChI=1S/C15H17N5O3/c1-11-9-18(7-6-16-11)15(21)12-8-17-19(10-12)13-2-4-14(5-3-13)20(22)23/h2-5,8,10-11,16H,6-7,9H2,1H3. The SMILES string of the molecule is CC1CN(C(=O)c2cnn(-c3ccc([N+](=O)[O-])cc3)c2)CCN1. The second kappa shape index (κ2) is 6.17. The number of hydrogen-bond acceptors (Lipinski definition) is 5. The van der Waals surface area contributed by atoms with E-state index in [0.717, 1.165) is 6.54 Å². The topological polar surface area (TPSA) is 93.3 Å². The number of nitro groups is 1. The molecule has 1 amide bonds. The molecular formula is C15H17N5O3. The molecule has 0 saturated carbocycles. The van der Waals surface area contributed by atoms with Crippen molar-refractivity contribution < 1.29 is 9.72 Å².